The molecule has 0 spiro atoms. The second-order valence-corrected chi connectivity index (χ2v) is 5.12. The number of para-hydroxylation sites is 1. The van der Waals surface area contributed by atoms with E-state index in [0.717, 1.165) is 6.42 Å². The monoisotopic (exact) mass is 308 g/mol. The number of carbonyl (C=O) groups excluding carboxylic acids is 1. The predicted octanol–water partition coefficient (Wildman–Crippen LogP) is 2.22. The fraction of sp³-hybridized carbons (Fsp3) is 0.500. The minimum absolute atomic E-state index is 0.110. The van der Waals surface area contributed by atoms with Gasteiger partial charge in [0.15, 0.2) is 18.1 Å². The van der Waals surface area contributed by atoms with E-state index in [2.05, 4.69) is 24.3 Å². The van der Waals surface area contributed by atoms with E-state index in [1.165, 1.54) is 6.21 Å². The summed E-state index contributed by atoms with van der Waals surface area (Å²) in [7, 11) is 3.12. The van der Waals surface area contributed by atoms with Crippen LogP contribution in [0.15, 0.2) is 23.4 Å². The van der Waals surface area contributed by atoms with Gasteiger partial charge in [-0.2, -0.15) is 0 Å². The largest absolute Gasteiger partial charge is 0.493 e. The van der Waals surface area contributed by atoms with Crippen molar-refractivity contribution in [3.8, 4) is 11.5 Å². The normalized spacial score (nSPS) is 10.8. The average molecular weight is 308 g/mol. The van der Waals surface area contributed by atoms with Gasteiger partial charge in [0.2, 0.25) is 0 Å². The van der Waals surface area contributed by atoms with Crippen LogP contribution in [0.5, 0.6) is 11.5 Å². The van der Waals surface area contributed by atoms with E-state index in [9.17, 15) is 4.79 Å². The summed E-state index contributed by atoms with van der Waals surface area (Å²) in [6.45, 7) is 4.75. The molecule has 1 amide bonds. The molecule has 0 unspecified atom stereocenters. The van der Waals surface area contributed by atoms with Gasteiger partial charge < -0.3 is 19.6 Å². The van der Waals surface area contributed by atoms with Crippen molar-refractivity contribution in [2.45, 2.75) is 20.3 Å². The van der Waals surface area contributed by atoms with E-state index >= 15 is 0 Å². The van der Waals surface area contributed by atoms with Gasteiger partial charge in [-0.15, -0.1) is 0 Å². The Hall–Kier alpha value is -2.24. The molecular formula is C16H24N2O4. The molecule has 0 saturated carbocycles. The first kappa shape index (κ1) is 17.8. The molecule has 0 heterocycles. The first-order valence-electron chi connectivity index (χ1n) is 7.21. The van der Waals surface area contributed by atoms with Gasteiger partial charge in [0.1, 0.15) is 0 Å². The maximum atomic E-state index is 11.5. The molecule has 0 fully saturated rings. The number of oxime groups is 1. The number of nitrogens with one attached hydrogen (secondary N) is 1. The Morgan fingerprint density at radius 2 is 2.09 bits per heavy atom. The number of benzene rings is 1. The zero-order chi connectivity index (χ0) is 16.4. The zero-order valence-corrected chi connectivity index (χ0v) is 13.6. The molecule has 0 radical (unpaired) electrons. The zero-order valence-electron chi connectivity index (χ0n) is 13.6. The fourth-order valence-corrected chi connectivity index (χ4v) is 1.75. The van der Waals surface area contributed by atoms with E-state index in [1.807, 2.05) is 12.1 Å². The van der Waals surface area contributed by atoms with Crippen molar-refractivity contribution in [1.82, 2.24) is 5.32 Å². The molecule has 0 atom stereocenters. The summed E-state index contributed by atoms with van der Waals surface area (Å²) in [4.78, 5) is 16.5. The van der Waals surface area contributed by atoms with Crippen molar-refractivity contribution in [3.05, 3.63) is 23.8 Å². The third-order valence-corrected chi connectivity index (χ3v) is 2.94. The molecule has 22 heavy (non-hydrogen) atoms. The molecule has 0 aromatic heterocycles. The van der Waals surface area contributed by atoms with E-state index in [4.69, 9.17) is 14.3 Å². The van der Waals surface area contributed by atoms with Crippen molar-refractivity contribution in [1.29, 1.82) is 0 Å². The lowest BCUT2D eigenvalue weighted by molar-refractivity contribution is -0.125. The molecule has 1 aromatic carbocycles. The van der Waals surface area contributed by atoms with Crippen LogP contribution >= 0.6 is 0 Å². The van der Waals surface area contributed by atoms with Gasteiger partial charge in [-0.25, -0.2) is 0 Å². The van der Waals surface area contributed by atoms with E-state index in [1.54, 1.807) is 20.3 Å². The van der Waals surface area contributed by atoms with E-state index in [0.29, 0.717) is 29.5 Å². The predicted molar refractivity (Wildman–Crippen MR) is 85.6 cm³/mol. The average Bonchev–Trinajstić information content (AvgIpc) is 2.50. The Morgan fingerprint density at radius 3 is 2.73 bits per heavy atom. The molecule has 1 rings (SSSR count). The molecule has 0 aliphatic heterocycles. The number of amides is 1. The molecule has 1 N–H and O–H groups in total. The first-order chi connectivity index (χ1) is 10.6. The number of ether oxygens (including phenoxy) is 2. The van der Waals surface area contributed by atoms with Gasteiger partial charge in [-0.05, 0) is 24.5 Å². The van der Waals surface area contributed by atoms with Crippen LogP contribution in [0.3, 0.4) is 0 Å². The van der Waals surface area contributed by atoms with Crippen LogP contribution in [0.2, 0.25) is 0 Å². The van der Waals surface area contributed by atoms with Gasteiger partial charge in [0.05, 0.1) is 20.4 Å². The maximum absolute atomic E-state index is 11.5. The summed E-state index contributed by atoms with van der Waals surface area (Å²) in [5, 5.41) is 6.56. The highest BCUT2D eigenvalue weighted by Gasteiger charge is 2.07. The summed E-state index contributed by atoms with van der Waals surface area (Å²) < 4.78 is 10.5. The Bertz CT molecular complexity index is 501. The summed E-state index contributed by atoms with van der Waals surface area (Å²) in [6.07, 6.45) is 2.43. The summed E-state index contributed by atoms with van der Waals surface area (Å²) in [5.41, 5.74) is 0.710. The number of hydrogen-bond donors (Lipinski definition) is 1. The van der Waals surface area contributed by atoms with Crippen LogP contribution in [-0.2, 0) is 9.63 Å². The molecule has 1 aromatic rings. The van der Waals surface area contributed by atoms with E-state index < -0.39 is 0 Å². The topological polar surface area (TPSA) is 69.2 Å². The molecule has 122 valence electrons. The Morgan fingerprint density at radius 1 is 1.32 bits per heavy atom. The van der Waals surface area contributed by atoms with Gasteiger partial charge in [0.25, 0.3) is 5.91 Å². The van der Waals surface area contributed by atoms with Crippen LogP contribution < -0.4 is 14.8 Å². The lowest BCUT2D eigenvalue weighted by Gasteiger charge is -2.09. The van der Waals surface area contributed by atoms with Crippen molar-refractivity contribution in [3.63, 3.8) is 0 Å². The molecule has 0 saturated heterocycles. The van der Waals surface area contributed by atoms with Gasteiger partial charge in [0, 0.05) is 12.1 Å². The SMILES string of the molecule is COc1cccc(/C=N\OCC(=O)NCCC(C)C)c1OC. The Kier molecular flexibility index (Phi) is 7.81. The van der Waals surface area contributed by atoms with Crippen LogP contribution in [0, 0.1) is 5.92 Å². The number of nitrogens with zero attached hydrogens (tertiary/aromatic N) is 1. The third-order valence-electron chi connectivity index (χ3n) is 2.94. The molecule has 0 aliphatic rings. The smallest absolute Gasteiger partial charge is 0.260 e. The second-order valence-electron chi connectivity index (χ2n) is 5.12. The van der Waals surface area contributed by atoms with Crippen molar-refractivity contribution < 1.29 is 19.1 Å². The number of methoxy groups -OCH3 is 2. The molecule has 0 aliphatic carbocycles. The number of hydrogen-bond acceptors (Lipinski definition) is 5. The van der Waals surface area contributed by atoms with Crippen LogP contribution in [0.1, 0.15) is 25.8 Å². The van der Waals surface area contributed by atoms with Crippen LogP contribution in [0.4, 0.5) is 0 Å². The lowest BCUT2D eigenvalue weighted by atomic mass is 10.1. The first-order valence-corrected chi connectivity index (χ1v) is 7.21. The number of carbonyl (C=O) groups is 1. The summed E-state index contributed by atoms with van der Waals surface area (Å²) >= 11 is 0. The highest BCUT2D eigenvalue weighted by molar-refractivity contribution is 5.84. The van der Waals surface area contributed by atoms with Crippen molar-refractivity contribution in [2.75, 3.05) is 27.4 Å². The standard InChI is InChI=1S/C16H24N2O4/c1-12(2)8-9-17-15(19)11-22-18-10-13-6-5-7-14(20-3)16(13)21-4/h5-7,10,12H,8-9,11H2,1-4H3,(H,17,19)/b18-10-. The highest BCUT2D eigenvalue weighted by atomic mass is 16.6. The quantitative estimate of drug-likeness (QED) is 0.561. The van der Waals surface area contributed by atoms with Gasteiger partial charge in [-0.3, -0.25) is 4.79 Å². The minimum Gasteiger partial charge on any atom is -0.493 e. The Balaban J connectivity index is 2.45. The maximum Gasteiger partial charge on any atom is 0.260 e. The fourth-order valence-electron chi connectivity index (χ4n) is 1.75. The third kappa shape index (κ3) is 6.03. The Labute approximate surface area is 131 Å². The van der Waals surface area contributed by atoms with Gasteiger partial charge in [-0.1, -0.05) is 25.1 Å². The molecule has 6 heteroatoms. The second kappa shape index (κ2) is 9.65. The molecular weight excluding hydrogens is 284 g/mol. The molecule has 6 nitrogen and oxygen atoms in total. The van der Waals surface area contributed by atoms with Gasteiger partial charge >= 0.3 is 0 Å². The van der Waals surface area contributed by atoms with Crippen molar-refractivity contribution >= 4 is 12.1 Å². The van der Waals surface area contributed by atoms with Crippen molar-refractivity contribution in [2.24, 2.45) is 11.1 Å². The highest BCUT2D eigenvalue weighted by Crippen LogP contribution is 2.29. The molecule has 0 bridgehead atoms. The van der Waals surface area contributed by atoms with Crippen LogP contribution in [-0.4, -0.2) is 39.5 Å². The summed E-state index contributed by atoms with van der Waals surface area (Å²) in [5.74, 6) is 1.55. The lowest BCUT2D eigenvalue weighted by Crippen LogP contribution is -2.28. The summed E-state index contributed by atoms with van der Waals surface area (Å²) in [6, 6.07) is 5.43. The minimum atomic E-state index is -0.185. The number of rotatable bonds is 9. The van der Waals surface area contributed by atoms with Crippen LogP contribution in [0.25, 0.3) is 0 Å². The van der Waals surface area contributed by atoms with E-state index in [-0.39, 0.29) is 12.5 Å².